The van der Waals surface area contributed by atoms with Crippen LogP contribution in [-0.4, -0.2) is 39.7 Å². The average Bonchev–Trinajstić information content (AvgIpc) is 2.53. The molecule has 1 aromatic heterocycles. The van der Waals surface area contributed by atoms with Gasteiger partial charge >= 0.3 is 5.97 Å². The Balaban J connectivity index is 2.53. The molecule has 2 heterocycles. The van der Waals surface area contributed by atoms with Crippen molar-refractivity contribution in [3.63, 3.8) is 0 Å². The molecule has 0 spiro atoms. The lowest BCUT2D eigenvalue weighted by Crippen LogP contribution is -2.16. The van der Waals surface area contributed by atoms with Gasteiger partial charge in [0.15, 0.2) is 5.82 Å². The highest BCUT2D eigenvalue weighted by Gasteiger charge is 2.26. The maximum atomic E-state index is 10.6. The molecule has 0 amide bonds. The molecule has 0 unspecified atom stereocenters. The molecule has 12 heavy (non-hydrogen) atoms. The number of carboxylic acids is 1. The molecule has 1 aromatic rings. The molecular formula is C6H8N4O2. The van der Waals surface area contributed by atoms with Crippen LogP contribution in [0.5, 0.6) is 0 Å². The number of rotatable bonds is 1. The Labute approximate surface area is 68.4 Å². The Hall–Kier alpha value is -1.59. The lowest BCUT2D eigenvalue weighted by molar-refractivity contribution is 0.0691. The van der Waals surface area contributed by atoms with Crippen molar-refractivity contribution in [3.05, 3.63) is 5.69 Å². The quantitative estimate of drug-likeness (QED) is 0.607. The first-order valence-corrected chi connectivity index (χ1v) is 3.58. The fourth-order valence-electron chi connectivity index (χ4n) is 1.33. The summed E-state index contributed by atoms with van der Waals surface area (Å²) < 4.78 is 1.60. The van der Waals surface area contributed by atoms with Crippen LogP contribution in [0.25, 0.3) is 0 Å². The molecular weight excluding hydrogens is 160 g/mol. The summed E-state index contributed by atoms with van der Waals surface area (Å²) in [7, 11) is 1.83. The summed E-state index contributed by atoms with van der Waals surface area (Å²) in [6.07, 6.45) is 0. The van der Waals surface area contributed by atoms with E-state index in [1.807, 2.05) is 11.9 Å². The topological polar surface area (TPSA) is 71.2 Å². The molecule has 6 nitrogen and oxygen atoms in total. The van der Waals surface area contributed by atoms with Gasteiger partial charge < -0.3 is 10.0 Å². The Morgan fingerprint density at radius 3 is 3.00 bits per heavy atom. The molecule has 1 aliphatic heterocycles. The van der Waals surface area contributed by atoms with Crippen LogP contribution in [0.1, 0.15) is 10.5 Å². The summed E-state index contributed by atoms with van der Waals surface area (Å²) in [6, 6.07) is 0. The molecule has 0 atom stereocenters. The normalized spacial score (nSPS) is 14.9. The van der Waals surface area contributed by atoms with Gasteiger partial charge in [-0.2, -0.15) is 0 Å². The number of fused-ring (bicyclic) bond motifs is 1. The second-order valence-corrected chi connectivity index (χ2v) is 2.71. The maximum Gasteiger partial charge on any atom is 0.360 e. The van der Waals surface area contributed by atoms with Gasteiger partial charge in [-0.05, 0) is 0 Å². The van der Waals surface area contributed by atoms with Crippen molar-refractivity contribution in [2.24, 2.45) is 0 Å². The second kappa shape index (κ2) is 2.20. The minimum Gasteiger partial charge on any atom is -0.476 e. The predicted molar refractivity (Wildman–Crippen MR) is 40.3 cm³/mol. The standard InChI is InChI=1S/C6H8N4O2/c1-9-2-3-10-5(9)4(6(11)12)7-8-10/h2-3H2,1H3,(H,11,12). The van der Waals surface area contributed by atoms with Crippen molar-refractivity contribution < 1.29 is 9.90 Å². The molecule has 0 saturated carbocycles. The first-order valence-electron chi connectivity index (χ1n) is 3.58. The third-order valence-corrected chi connectivity index (χ3v) is 1.92. The number of aromatic nitrogens is 3. The smallest absolute Gasteiger partial charge is 0.360 e. The van der Waals surface area contributed by atoms with Crippen LogP contribution in [-0.2, 0) is 6.54 Å². The van der Waals surface area contributed by atoms with Gasteiger partial charge in [0, 0.05) is 13.6 Å². The maximum absolute atomic E-state index is 10.6. The number of nitrogens with zero attached hydrogens (tertiary/aromatic N) is 4. The van der Waals surface area contributed by atoms with E-state index in [9.17, 15) is 4.79 Å². The highest BCUT2D eigenvalue weighted by molar-refractivity contribution is 5.91. The summed E-state index contributed by atoms with van der Waals surface area (Å²) in [5.74, 6) is -0.424. The van der Waals surface area contributed by atoms with Crippen LogP contribution in [0.15, 0.2) is 0 Å². The van der Waals surface area contributed by atoms with Crippen LogP contribution in [0.4, 0.5) is 5.82 Å². The average molecular weight is 168 g/mol. The lowest BCUT2D eigenvalue weighted by Gasteiger charge is -2.07. The van der Waals surface area contributed by atoms with E-state index in [-0.39, 0.29) is 5.69 Å². The molecule has 1 N–H and O–H groups in total. The van der Waals surface area contributed by atoms with Crippen LogP contribution in [0.3, 0.4) is 0 Å². The first kappa shape index (κ1) is 7.08. The molecule has 64 valence electrons. The second-order valence-electron chi connectivity index (χ2n) is 2.71. The number of carbonyl (C=O) groups is 1. The van der Waals surface area contributed by atoms with Crippen molar-refractivity contribution in [3.8, 4) is 0 Å². The molecule has 0 saturated heterocycles. The van der Waals surface area contributed by atoms with E-state index >= 15 is 0 Å². The van der Waals surface area contributed by atoms with Crippen LogP contribution < -0.4 is 4.90 Å². The van der Waals surface area contributed by atoms with E-state index in [0.29, 0.717) is 12.4 Å². The highest BCUT2D eigenvalue weighted by atomic mass is 16.4. The molecule has 0 fully saturated rings. The van der Waals surface area contributed by atoms with Gasteiger partial charge in [0.1, 0.15) is 0 Å². The largest absolute Gasteiger partial charge is 0.476 e. The lowest BCUT2D eigenvalue weighted by atomic mass is 10.4. The Bertz CT molecular complexity index is 332. The van der Waals surface area contributed by atoms with E-state index in [4.69, 9.17) is 5.11 Å². The van der Waals surface area contributed by atoms with Crippen molar-refractivity contribution in [2.75, 3.05) is 18.5 Å². The fraction of sp³-hybridized carbons (Fsp3) is 0.500. The third kappa shape index (κ3) is 0.775. The van der Waals surface area contributed by atoms with Crippen molar-refractivity contribution in [1.82, 2.24) is 15.0 Å². The van der Waals surface area contributed by atoms with E-state index in [1.165, 1.54) is 0 Å². The van der Waals surface area contributed by atoms with E-state index < -0.39 is 5.97 Å². The number of hydrogen-bond acceptors (Lipinski definition) is 4. The molecule has 0 aliphatic carbocycles. The fourth-order valence-corrected chi connectivity index (χ4v) is 1.33. The first-order chi connectivity index (χ1) is 5.70. The van der Waals surface area contributed by atoms with E-state index in [1.54, 1.807) is 4.68 Å². The SMILES string of the molecule is CN1CCn2nnc(C(=O)O)c21. The van der Waals surface area contributed by atoms with Gasteiger partial charge in [-0.25, -0.2) is 9.48 Å². The summed E-state index contributed by atoms with van der Waals surface area (Å²) >= 11 is 0. The minimum absolute atomic E-state index is 0.0370. The van der Waals surface area contributed by atoms with E-state index in [2.05, 4.69) is 10.3 Å². The zero-order valence-corrected chi connectivity index (χ0v) is 6.56. The molecule has 1 aliphatic rings. The van der Waals surface area contributed by atoms with Crippen LogP contribution in [0, 0.1) is 0 Å². The van der Waals surface area contributed by atoms with E-state index in [0.717, 1.165) is 6.54 Å². The van der Waals surface area contributed by atoms with Crippen molar-refractivity contribution >= 4 is 11.8 Å². The Morgan fingerprint density at radius 2 is 2.33 bits per heavy atom. The zero-order chi connectivity index (χ0) is 8.72. The van der Waals surface area contributed by atoms with Crippen molar-refractivity contribution in [1.29, 1.82) is 0 Å². The molecule has 6 heteroatoms. The molecule has 2 rings (SSSR count). The van der Waals surface area contributed by atoms with Crippen molar-refractivity contribution in [2.45, 2.75) is 6.54 Å². The van der Waals surface area contributed by atoms with Gasteiger partial charge in [-0.3, -0.25) is 0 Å². The number of anilines is 1. The molecule has 0 radical (unpaired) electrons. The number of likely N-dealkylation sites (N-methyl/N-ethyl adjacent to an activating group) is 1. The number of aromatic carboxylic acids is 1. The number of hydrogen-bond donors (Lipinski definition) is 1. The zero-order valence-electron chi connectivity index (χ0n) is 6.56. The monoisotopic (exact) mass is 168 g/mol. The summed E-state index contributed by atoms with van der Waals surface area (Å²) in [4.78, 5) is 12.5. The molecule has 0 aromatic carbocycles. The van der Waals surface area contributed by atoms with Gasteiger partial charge in [-0.15, -0.1) is 5.10 Å². The van der Waals surface area contributed by atoms with Crippen LogP contribution in [0.2, 0.25) is 0 Å². The Morgan fingerprint density at radius 1 is 1.58 bits per heavy atom. The van der Waals surface area contributed by atoms with Gasteiger partial charge in [0.25, 0.3) is 0 Å². The third-order valence-electron chi connectivity index (χ3n) is 1.92. The van der Waals surface area contributed by atoms with Gasteiger partial charge in [0.2, 0.25) is 5.69 Å². The van der Waals surface area contributed by atoms with Gasteiger partial charge in [-0.1, -0.05) is 5.21 Å². The Kier molecular flexibility index (Phi) is 1.30. The predicted octanol–water partition coefficient (Wildman–Crippen LogP) is -0.574. The summed E-state index contributed by atoms with van der Waals surface area (Å²) in [5.41, 5.74) is 0.0370. The summed E-state index contributed by atoms with van der Waals surface area (Å²) in [6.45, 7) is 1.51. The minimum atomic E-state index is -1.02. The summed E-state index contributed by atoms with van der Waals surface area (Å²) in [5, 5.41) is 16.0. The highest BCUT2D eigenvalue weighted by Crippen LogP contribution is 2.21. The van der Waals surface area contributed by atoms with Crippen LogP contribution >= 0.6 is 0 Å². The molecule has 0 bridgehead atoms. The van der Waals surface area contributed by atoms with Gasteiger partial charge in [0.05, 0.1) is 6.54 Å². The number of carboxylic acid groups (broad SMARTS) is 1.